The number of hydrogen-bond acceptors (Lipinski definition) is 5. The summed E-state index contributed by atoms with van der Waals surface area (Å²) in [6.45, 7) is -0.0454. The van der Waals surface area contributed by atoms with Crippen molar-refractivity contribution in [3.63, 3.8) is 0 Å². The Balaban J connectivity index is 2.52. The van der Waals surface area contributed by atoms with Crippen molar-refractivity contribution in [2.75, 3.05) is 13.0 Å². The fraction of sp³-hybridized carbons (Fsp3) is 0.200. The van der Waals surface area contributed by atoms with E-state index in [-0.39, 0.29) is 33.7 Å². The Bertz CT molecular complexity index is 719. The number of aromatic amines is 1. The molecule has 0 atom stereocenters. The van der Waals surface area contributed by atoms with Gasteiger partial charge >= 0.3 is 0 Å². The highest BCUT2D eigenvalue weighted by atomic mass is 79.9. The van der Waals surface area contributed by atoms with Crippen molar-refractivity contribution in [1.82, 2.24) is 9.97 Å². The fourth-order valence-corrected chi connectivity index (χ4v) is 2.61. The first-order valence-corrected chi connectivity index (χ1v) is 6.90. The van der Waals surface area contributed by atoms with Gasteiger partial charge in [-0.2, -0.15) is 0 Å². The highest BCUT2D eigenvalue weighted by Gasteiger charge is 2.28. The van der Waals surface area contributed by atoms with Gasteiger partial charge in [0.1, 0.15) is 15.4 Å². The molecule has 94 valence electrons. The Labute approximate surface area is 113 Å². The highest BCUT2D eigenvalue weighted by molar-refractivity contribution is 9.10. The van der Waals surface area contributed by atoms with Crippen LogP contribution in [0.3, 0.4) is 0 Å². The summed E-state index contributed by atoms with van der Waals surface area (Å²) in [6, 6.07) is 0. The molecule has 8 heteroatoms. The largest absolute Gasteiger partial charge is 0.453 e. The van der Waals surface area contributed by atoms with Crippen molar-refractivity contribution < 1.29 is 13.9 Å². The lowest BCUT2D eigenvalue weighted by Crippen LogP contribution is -2.11. The first kappa shape index (κ1) is 11.8. The average molecular weight is 333 g/mol. The molecule has 1 aliphatic heterocycles. The van der Waals surface area contributed by atoms with Crippen molar-refractivity contribution in [1.29, 1.82) is 0 Å². The standard InChI is InChI=1S/C10H6BrFN2O3S/c1-18-10-13-6-3(9(15)14-10)7-8(17-2-16-7)4(11)5(6)12/h2H2,1H3,(H,13,14,15). The van der Waals surface area contributed by atoms with Gasteiger partial charge in [0.25, 0.3) is 5.56 Å². The second kappa shape index (κ2) is 4.13. The topological polar surface area (TPSA) is 64.2 Å². The van der Waals surface area contributed by atoms with Crippen LogP contribution >= 0.6 is 27.7 Å². The van der Waals surface area contributed by atoms with E-state index in [1.807, 2.05) is 0 Å². The van der Waals surface area contributed by atoms with Gasteiger partial charge in [-0.1, -0.05) is 11.8 Å². The van der Waals surface area contributed by atoms with Crippen molar-refractivity contribution in [2.45, 2.75) is 5.16 Å². The third-order valence-electron chi connectivity index (χ3n) is 2.53. The molecule has 0 fully saturated rings. The zero-order valence-electron chi connectivity index (χ0n) is 9.04. The third-order valence-corrected chi connectivity index (χ3v) is 3.82. The summed E-state index contributed by atoms with van der Waals surface area (Å²) in [4.78, 5) is 18.6. The number of halogens is 2. The SMILES string of the molecule is CSc1nc2c(F)c(Br)c3c(c2c(=O)[nH]1)OCO3. The smallest absolute Gasteiger partial charge is 0.263 e. The third kappa shape index (κ3) is 1.52. The second-order valence-electron chi connectivity index (χ2n) is 3.49. The number of ether oxygens (including phenoxy) is 2. The number of nitrogens with one attached hydrogen (secondary N) is 1. The maximum atomic E-state index is 14.1. The molecule has 0 aliphatic carbocycles. The van der Waals surface area contributed by atoms with Gasteiger partial charge in [-0.15, -0.1) is 0 Å². The lowest BCUT2D eigenvalue weighted by molar-refractivity contribution is 0.174. The minimum absolute atomic E-state index is 0.0285. The molecule has 0 spiro atoms. The molecule has 1 aromatic heterocycles. The number of fused-ring (bicyclic) bond motifs is 3. The van der Waals surface area contributed by atoms with Gasteiger partial charge in [0.2, 0.25) is 6.79 Å². The van der Waals surface area contributed by atoms with Crippen LogP contribution in [0.25, 0.3) is 10.9 Å². The first-order valence-electron chi connectivity index (χ1n) is 4.88. The maximum absolute atomic E-state index is 14.1. The van der Waals surface area contributed by atoms with E-state index in [0.29, 0.717) is 5.16 Å². The highest BCUT2D eigenvalue weighted by Crippen LogP contribution is 2.45. The number of aromatic nitrogens is 2. The predicted molar refractivity (Wildman–Crippen MR) is 67.9 cm³/mol. The van der Waals surface area contributed by atoms with Crippen molar-refractivity contribution in [2.24, 2.45) is 0 Å². The van der Waals surface area contributed by atoms with E-state index in [1.54, 1.807) is 6.26 Å². The van der Waals surface area contributed by atoms with Crippen LogP contribution in [-0.4, -0.2) is 23.0 Å². The molecule has 0 saturated heterocycles. The summed E-state index contributed by atoms with van der Waals surface area (Å²) in [7, 11) is 0. The van der Waals surface area contributed by atoms with Crippen LogP contribution in [0.2, 0.25) is 0 Å². The molecule has 18 heavy (non-hydrogen) atoms. The van der Waals surface area contributed by atoms with Gasteiger partial charge in [0.05, 0.1) is 0 Å². The summed E-state index contributed by atoms with van der Waals surface area (Å²) < 4.78 is 24.6. The maximum Gasteiger partial charge on any atom is 0.263 e. The zero-order chi connectivity index (χ0) is 12.9. The van der Waals surface area contributed by atoms with E-state index in [0.717, 1.165) is 0 Å². The van der Waals surface area contributed by atoms with Crippen LogP contribution in [0.5, 0.6) is 11.5 Å². The molecular weight excluding hydrogens is 327 g/mol. The van der Waals surface area contributed by atoms with E-state index in [9.17, 15) is 9.18 Å². The lowest BCUT2D eigenvalue weighted by atomic mass is 10.2. The normalized spacial score (nSPS) is 13.3. The summed E-state index contributed by atoms with van der Waals surface area (Å²) in [5, 5.41) is 0.415. The van der Waals surface area contributed by atoms with Crippen molar-refractivity contribution in [3.05, 3.63) is 20.6 Å². The number of benzene rings is 1. The average Bonchev–Trinajstić information content (AvgIpc) is 2.84. The first-order chi connectivity index (χ1) is 8.63. The van der Waals surface area contributed by atoms with Crippen molar-refractivity contribution >= 4 is 38.6 Å². The van der Waals surface area contributed by atoms with Crippen molar-refractivity contribution in [3.8, 4) is 11.5 Å². The summed E-state index contributed by atoms with van der Waals surface area (Å²) in [6.07, 6.45) is 1.74. The number of nitrogens with zero attached hydrogens (tertiary/aromatic N) is 1. The fourth-order valence-electron chi connectivity index (χ4n) is 1.75. The molecule has 0 saturated carbocycles. The molecule has 1 aromatic carbocycles. The molecule has 0 bridgehead atoms. The van der Waals surface area contributed by atoms with Crippen LogP contribution < -0.4 is 15.0 Å². The molecule has 0 amide bonds. The molecule has 1 N–H and O–H groups in total. The van der Waals surface area contributed by atoms with Crippen LogP contribution in [0.15, 0.2) is 14.4 Å². The Hall–Kier alpha value is -1.28. The molecule has 0 radical (unpaired) electrons. The van der Waals surface area contributed by atoms with Gasteiger partial charge in [0.15, 0.2) is 22.5 Å². The molecule has 2 aromatic rings. The Kier molecular flexibility index (Phi) is 2.70. The second-order valence-corrected chi connectivity index (χ2v) is 5.08. The predicted octanol–water partition coefficient (Wildman–Crippen LogP) is 2.28. The monoisotopic (exact) mass is 332 g/mol. The van der Waals surface area contributed by atoms with Crippen LogP contribution in [0, 0.1) is 5.82 Å². The van der Waals surface area contributed by atoms with Gasteiger partial charge < -0.3 is 14.5 Å². The number of hydrogen-bond donors (Lipinski definition) is 1. The van der Waals surface area contributed by atoms with E-state index in [2.05, 4.69) is 25.9 Å². The van der Waals surface area contributed by atoms with Crippen LogP contribution in [-0.2, 0) is 0 Å². The summed E-state index contributed by atoms with van der Waals surface area (Å²) in [5.41, 5.74) is -0.475. The minimum Gasteiger partial charge on any atom is -0.453 e. The molecule has 5 nitrogen and oxygen atoms in total. The lowest BCUT2D eigenvalue weighted by Gasteiger charge is -2.06. The summed E-state index contributed by atoms with van der Waals surface area (Å²) >= 11 is 4.31. The number of thioether (sulfide) groups is 1. The quantitative estimate of drug-likeness (QED) is 0.641. The van der Waals surface area contributed by atoms with Gasteiger partial charge in [-0.3, -0.25) is 4.79 Å². The van der Waals surface area contributed by atoms with Gasteiger partial charge in [-0.25, -0.2) is 9.37 Å². The molecule has 2 heterocycles. The molecule has 3 rings (SSSR count). The van der Waals surface area contributed by atoms with E-state index < -0.39 is 11.4 Å². The minimum atomic E-state index is -0.629. The van der Waals surface area contributed by atoms with E-state index >= 15 is 0 Å². The van der Waals surface area contributed by atoms with Crippen LogP contribution in [0.1, 0.15) is 0 Å². The van der Waals surface area contributed by atoms with E-state index in [1.165, 1.54) is 11.8 Å². The Morgan fingerprint density at radius 2 is 2.17 bits per heavy atom. The summed E-state index contributed by atoms with van der Waals surface area (Å²) in [5.74, 6) is -0.209. The zero-order valence-corrected chi connectivity index (χ0v) is 11.4. The van der Waals surface area contributed by atoms with Gasteiger partial charge in [0, 0.05) is 0 Å². The van der Waals surface area contributed by atoms with Crippen LogP contribution in [0.4, 0.5) is 4.39 Å². The Morgan fingerprint density at radius 1 is 1.44 bits per heavy atom. The number of rotatable bonds is 1. The van der Waals surface area contributed by atoms with E-state index in [4.69, 9.17) is 9.47 Å². The Morgan fingerprint density at radius 3 is 2.89 bits per heavy atom. The molecular formula is C10H6BrFN2O3S. The number of H-pyrrole nitrogens is 1. The van der Waals surface area contributed by atoms with Gasteiger partial charge in [-0.05, 0) is 22.2 Å². The molecule has 1 aliphatic rings. The molecule has 0 unspecified atom stereocenters.